The Morgan fingerprint density at radius 3 is 2.89 bits per heavy atom. The molecule has 3 N–H and O–H groups in total. The Labute approximate surface area is 115 Å². The first-order chi connectivity index (χ1) is 9.36. The van der Waals surface area contributed by atoms with Crippen molar-refractivity contribution in [2.24, 2.45) is 5.84 Å². The normalized spacial score (nSPS) is 27.4. The Kier molecular flexibility index (Phi) is 4.16. The third-order valence-electron chi connectivity index (χ3n) is 4.59. The molecule has 0 spiro atoms. The van der Waals surface area contributed by atoms with Crippen LogP contribution in [0.25, 0.3) is 0 Å². The molecule has 19 heavy (non-hydrogen) atoms. The number of nitrogens with two attached hydrogens (primary N) is 1. The zero-order valence-electron chi connectivity index (χ0n) is 11.5. The molecule has 0 saturated carbocycles. The zero-order valence-corrected chi connectivity index (χ0v) is 11.5. The molecule has 0 amide bonds. The van der Waals surface area contributed by atoms with Crippen LogP contribution in [0.5, 0.6) is 0 Å². The molecule has 1 aromatic rings. The molecule has 1 aliphatic heterocycles. The van der Waals surface area contributed by atoms with Gasteiger partial charge in [0.1, 0.15) is 0 Å². The molecular weight excluding hydrogens is 236 g/mol. The highest BCUT2D eigenvalue weighted by molar-refractivity contribution is 5.39. The fraction of sp³-hybridized carbons (Fsp3) is 0.625. The van der Waals surface area contributed by atoms with Crippen LogP contribution in [0.2, 0.25) is 0 Å². The molecule has 3 heteroatoms. The van der Waals surface area contributed by atoms with Gasteiger partial charge in [-0.2, -0.15) is 0 Å². The average molecular weight is 260 g/mol. The van der Waals surface area contributed by atoms with Crippen LogP contribution < -0.4 is 11.3 Å². The standard InChI is InChI=1S/C16H24N2O/c17-18-14(11-15-6-3-4-8-19-15)10-13-9-12-5-1-2-7-16(12)13/h1-2,5,7,13-15,18H,3-4,6,8-11,17H2. The van der Waals surface area contributed by atoms with Crippen molar-refractivity contribution in [1.82, 2.24) is 5.43 Å². The second kappa shape index (κ2) is 6.04. The quantitative estimate of drug-likeness (QED) is 0.631. The highest BCUT2D eigenvalue weighted by atomic mass is 16.5. The van der Waals surface area contributed by atoms with Gasteiger partial charge in [0.2, 0.25) is 0 Å². The maximum atomic E-state index is 5.82. The van der Waals surface area contributed by atoms with E-state index in [1.807, 2.05) is 0 Å². The Balaban J connectivity index is 1.53. The molecule has 2 aliphatic rings. The van der Waals surface area contributed by atoms with Gasteiger partial charge >= 0.3 is 0 Å². The number of hydrogen-bond donors (Lipinski definition) is 2. The van der Waals surface area contributed by atoms with Crippen LogP contribution in [-0.4, -0.2) is 18.8 Å². The fourth-order valence-electron chi connectivity index (χ4n) is 3.46. The van der Waals surface area contributed by atoms with E-state index in [0.29, 0.717) is 18.1 Å². The van der Waals surface area contributed by atoms with Crippen LogP contribution in [0.4, 0.5) is 0 Å². The smallest absolute Gasteiger partial charge is 0.0590 e. The molecule has 104 valence electrons. The Morgan fingerprint density at radius 2 is 2.16 bits per heavy atom. The van der Waals surface area contributed by atoms with Crippen molar-refractivity contribution in [2.45, 2.75) is 56.6 Å². The van der Waals surface area contributed by atoms with E-state index in [9.17, 15) is 0 Å². The van der Waals surface area contributed by atoms with Gasteiger partial charge in [0, 0.05) is 12.6 Å². The molecule has 3 rings (SSSR count). The monoisotopic (exact) mass is 260 g/mol. The van der Waals surface area contributed by atoms with Gasteiger partial charge in [0.05, 0.1) is 6.10 Å². The molecule has 0 aromatic heterocycles. The first kappa shape index (κ1) is 13.1. The predicted octanol–water partition coefficient (Wildman–Crippen LogP) is 2.51. The fourth-order valence-corrected chi connectivity index (χ4v) is 3.46. The zero-order chi connectivity index (χ0) is 13.1. The minimum absolute atomic E-state index is 0.376. The summed E-state index contributed by atoms with van der Waals surface area (Å²) in [7, 11) is 0. The maximum absolute atomic E-state index is 5.82. The summed E-state index contributed by atoms with van der Waals surface area (Å²) in [5.41, 5.74) is 6.03. The van der Waals surface area contributed by atoms with Crippen molar-refractivity contribution in [2.75, 3.05) is 6.61 Å². The summed E-state index contributed by atoms with van der Waals surface area (Å²) in [4.78, 5) is 0. The predicted molar refractivity (Wildman–Crippen MR) is 76.8 cm³/mol. The van der Waals surface area contributed by atoms with E-state index in [1.165, 1.54) is 36.8 Å². The lowest BCUT2D eigenvalue weighted by molar-refractivity contribution is 0.00414. The summed E-state index contributed by atoms with van der Waals surface area (Å²) in [6, 6.07) is 9.14. The van der Waals surface area contributed by atoms with Gasteiger partial charge in [-0.05, 0) is 55.6 Å². The minimum Gasteiger partial charge on any atom is -0.378 e. The van der Waals surface area contributed by atoms with Gasteiger partial charge < -0.3 is 4.74 Å². The molecular formula is C16H24N2O. The molecule has 0 radical (unpaired) electrons. The van der Waals surface area contributed by atoms with Crippen molar-refractivity contribution in [3.05, 3.63) is 35.4 Å². The Hall–Kier alpha value is -0.900. The van der Waals surface area contributed by atoms with Crippen molar-refractivity contribution < 1.29 is 4.74 Å². The molecule has 3 nitrogen and oxygen atoms in total. The van der Waals surface area contributed by atoms with Crippen LogP contribution in [0.1, 0.15) is 49.1 Å². The van der Waals surface area contributed by atoms with Crippen molar-refractivity contribution in [3.8, 4) is 0 Å². The van der Waals surface area contributed by atoms with Gasteiger partial charge in [-0.1, -0.05) is 24.3 Å². The van der Waals surface area contributed by atoms with E-state index in [0.717, 1.165) is 19.4 Å². The molecule has 3 unspecified atom stereocenters. The Bertz CT molecular complexity index is 415. The van der Waals surface area contributed by atoms with Crippen LogP contribution in [0.15, 0.2) is 24.3 Å². The lowest BCUT2D eigenvalue weighted by Gasteiger charge is -2.34. The molecule has 1 aromatic carbocycles. The first-order valence-electron chi connectivity index (χ1n) is 7.52. The minimum atomic E-state index is 0.376. The van der Waals surface area contributed by atoms with Crippen LogP contribution in [0, 0.1) is 0 Å². The molecule has 3 atom stereocenters. The second-order valence-electron chi connectivity index (χ2n) is 5.92. The lowest BCUT2D eigenvalue weighted by atomic mass is 9.74. The number of fused-ring (bicyclic) bond motifs is 1. The summed E-state index contributed by atoms with van der Waals surface area (Å²) in [6.45, 7) is 0.925. The molecule has 1 fully saturated rings. The number of nitrogens with one attached hydrogen (secondary N) is 1. The average Bonchev–Trinajstić information content (AvgIpc) is 2.44. The number of hydrazine groups is 1. The van der Waals surface area contributed by atoms with E-state index >= 15 is 0 Å². The van der Waals surface area contributed by atoms with Gasteiger partial charge in [0.25, 0.3) is 0 Å². The lowest BCUT2D eigenvalue weighted by Crippen LogP contribution is -2.41. The van der Waals surface area contributed by atoms with Gasteiger partial charge in [0.15, 0.2) is 0 Å². The van der Waals surface area contributed by atoms with E-state index in [4.69, 9.17) is 10.6 Å². The number of benzene rings is 1. The summed E-state index contributed by atoms with van der Waals surface area (Å²) >= 11 is 0. The molecule has 1 heterocycles. The summed E-state index contributed by atoms with van der Waals surface area (Å²) in [6.07, 6.45) is 7.51. The summed E-state index contributed by atoms with van der Waals surface area (Å²) in [5.74, 6) is 6.41. The van der Waals surface area contributed by atoms with E-state index in [2.05, 4.69) is 29.7 Å². The van der Waals surface area contributed by atoms with Crippen molar-refractivity contribution >= 4 is 0 Å². The largest absolute Gasteiger partial charge is 0.378 e. The molecule has 1 aliphatic carbocycles. The highest BCUT2D eigenvalue weighted by Gasteiger charge is 2.29. The van der Waals surface area contributed by atoms with Gasteiger partial charge in [-0.25, -0.2) is 0 Å². The van der Waals surface area contributed by atoms with E-state index < -0.39 is 0 Å². The SMILES string of the molecule is NNC(CC1CCCCO1)CC1Cc2ccccc21. The summed E-state index contributed by atoms with van der Waals surface area (Å²) < 4.78 is 5.82. The topological polar surface area (TPSA) is 47.3 Å². The maximum Gasteiger partial charge on any atom is 0.0590 e. The van der Waals surface area contributed by atoms with Crippen LogP contribution >= 0.6 is 0 Å². The number of hydrogen-bond acceptors (Lipinski definition) is 3. The molecule has 1 saturated heterocycles. The van der Waals surface area contributed by atoms with E-state index in [1.54, 1.807) is 0 Å². The van der Waals surface area contributed by atoms with Crippen LogP contribution in [-0.2, 0) is 11.2 Å². The van der Waals surface area contributed by atoms with Crippen LogP contribution in [0.3, 0.4) is 0 Å². The van der Waals surface area contributed by atoms with Gasteiger partial charge in [-0.15, -0.1) is 0 Å². The third-order valence-corrected chi connectivity index (χ3v) is 4.59. The van der Waals surface area contributed by atoms with Gasteiger partial charge in [-0.3, -0.25) is 11.3 Å². The Morgan fingerprint density at radius 1 is 1.26 bits per heavy atom. The number of ether oxygens (including phenoxy) is 1. The third kappa shape index (κ3) is 2.99. The van der Waals surface area contributed by atoms with E-state index in [-0.39, 0.29) is 0 Å². The van der Waals surface area contributed by atoms with Crippen molar-refractivity contribution in [3.63, 3.8) is 0 Å². The molecule has 0 bridgehead atoms. The number of rotatable bonds is 5. The highest BCUT2D eigenvalue weighted by Crippen LogP contribution is 2.38. The first-order valence-corrected chi connectivity index (χ1v) is 7.52. The summed E-state index contributed by atoms with van der Waals surface area (Å²) in [5, 5.41) is 0. The van der Waals surface area contributed by atoms with Crippen molar-refractivity contribution in [1.29, 1.82) is 0 Å². The second-order valence-corrected chi connectivity index (χ2v) is 5.92.